The van der Waals surface area contributed by atoms with E-state index in [-0.39, 0.29) is 11.3 Å². The van der Waals surface area contributed by atoms with Crippen molar-refractivity contribution in [3.63, 3.8) is 0 Å². The van der Waals surface area contributed by atoms with Crippen LogP contribution in [0.3, 0.4) is 0 Å². The Bertz CT molecular complexity index is 602. The van der Waals surface area contributed by atoms with Gasteiger partial charge in [0.15, 0.2) is 5.56 Å². The van der Waals surface area contributed by atoms with Gasteiger partial charge in [0.25, 0.3) is 5.56 Å². The number of carboxylic acid groups (broad SMARTS) is 1. The van der Waals surface area contributed by atoms with Crippen molar-refractivity contribution in [3.05, 3.63) is 39.8 Å². The van der Waals surface area contributed by atoms with Gasteiger partial charge in [0.05, 0.1) is 11.2 Å². The van der Waals surface area contributed by atoms with E-state index < -0.39 is 11.5 Å². The molecule has 0 bridgehead atoms. The summed E-state index contributed by atoms with van der Waals surface area (Å²) in [5.74, 6) is -1.24. The Hall–Kier alpha value is -1.95. The average Bonchev–Trinajstić information content (AvgIpc) is 2.81. The lowest BCUT2D eigenvalue weighted by Crippen LogP contribution is -2.27. The molecule has 0 radical (unpaired) electrons. The van der Waals surface area contributed by atoms with Crippen LogP contribution in [0.1, 0.15) is 17.3 Å². The van der Waals surface area contributed by atoms with Crippen molar-refractivity contribution in [1.29, 1.82) is 0 Å². The molecule has 0 aliphatic carbocycles. The summed E-state index contributed by atoms with van der Waals surface area (Å²) in [7, 11) is 0. The summed E-state index contributed by atoms with van der Waals surface area (Å²) in [6.07, 6.45) is 1.38. The van der Waals surface area contributed by atoms with Gasteiger partial charge in [0, 0.05) is 6.54 Å². The molecule has 0 aromatic carbocycles. The molecule has 2 aromatic heterocycles. The molecule has 2 rings (SSSR count). The molecule has 0 spiro atoms. The minimum Gasteiger partial charge on any atom is -0.477 e. The molecule has 0 saturated heterocycles. The number of carboxylic acids is 1. The van der Waals surface area contributed by atoms with E-state index >= 15 is 0 Å². The zero-order valence-corrected chi connectivity index (χ0v) is 9.90. The fourth-order valence-corrected chi connectivity index (χ4v) is 2.23. The van der Waals surface area contributed by atoms with Crippen LogP contribution in [0.15, 0.2) is 28.6 Å². The molecule has 0 fully saturated rings. The Balaban J connectivity index is 2.73. The van der Waals surface area contributed by atoms with Crippen LogP contribution in [0.5, 0.6) is 0 Å². The molecule has 0 aliphatic rings. The van der Waals surface area contributed by atoms with Crippen LogP contribution in [0.25, 0.3) is 10.6 Å². The number of rotatable bonds is 3. The van der Waals surface area contributed by atoms with Gasteiger partial charge in [0.1, 0.15) is 5.69 Å². The van der Waals surface area contributed by atoms with Crippen LogP contribution in [0, 0.1) is 0 Å². The monoisotopic (exact) mass is 250 g/mol. The smallest absolute Gasteiger partial charge is 0.343 e. The van der Waals surface area contributed by atoms with Crippen LogP contribution in [-0.4, -0.2) is 20.6 Å². The van der Waals surface area contributed by atoms with Gasteiger partial charge >= 0.3 is 5.97 Å². The Morgan fingerprint density at radius 2 is 2.35 bits per heavy atom. The third kappa shape index (κ3) is 1.99. The topological polar surface area (TPSA) is 72.2 Å². The number of hydrogen-bond donors (Lipinski definition) is 1. The minimum atomic E-state index is -1.24. The van der Waals surface area contributed by atoms with Crippen LogP contribution >= 0.6 is 11.3 Å². The van der Waals surface area contributed by atoms with E-state index in [9.17, 15) is 9.59 Å². The molecule has 6 heteroatoms. The highest BCUT2D eigenvalue weighted by molar-refractivity contribution is 7.13. The second-order valence-corrected chi connectivity index (χ2v) is 4.29. The van der Waals surface area contributed by atoms with E-state index in [0.717, 1.165) is 0 Å². The molecule has 1 N–H and O–H groups in total. The van der Waals surface area contributed by atoms with E-state index in [1.165, 1.54) is 22.2 Å². The van der Waals surface area contributed by atoms with E-state index in [2.05, 4.69) is 4.98 Å². The number of thiophene rings is 1. The maximum Gasteiger partial charge on any atom is 0.343 e. The third-order valence-corrected chi connectivity index (χ3v) is 3.22. The Morgan fingerprint density at radius 1 is 1.59 bits per heavy atom. The predicted molar refractivity (Wildman–Crippen MR) is 64.4 cm³/mol. The molecule has 2 heterocycles. The van der Waals surface area contributed by atoms with Gasteiger partial charge in [-0.3, -0.25) is 9.36 Å². The molecular formula is C11H10N2O3S. The van der Waals surface area contributed by atoms with Crippen LogP contribution in [0.4, 0.5) is 0 Å². The quantitative estimate of drug-likeness (QED) is 0.899. The summed E-state index contributed by atoms with van der Waals surface area (Å²) >= 11 is 1.36. The van der Waals surface area contributed by atoms with E-state index in [0.29, 0.717) is 11.4 Å². The molecule has 88 valence electrons. The van der Waals surface area contributed by atoms with E-state index in [1.807, 2.05) is 5.38 Å². The molecule has 0 saturated carbocycles. The lowest BCUT2D eigenvalue weighted by atomic mass is 10.2. The standard InChI is InChI=1S/C11H10N2O3S/c1-2-13-6-12-9(7-4-3-5-17-7)8(10(13)14)11(15)16/h3-6H,2H2,1H3,(H,15,16). The molecule has 0 amide bonds. The highest BCUT2D eigenvalue weighted by Gasteiger charge is 2.19. The van der Waals surface area contributed by atoms with Gasteiger partial charge in [-0.1, -0.05) is 6.07 Å². The normalized spacial score (nSPS) is 10.4. The average molecular weight is 250 g/mol. The van der Waals surface area contributed by atoms with Crippen molar-refractivity contribution >= 4 is 17.3 Å². The first-order valence-electron chi connectivity index (χ1n) is 5.01. The summed E-state index contributed by atoms with van der Waals surface area (Å²) in [6.45, 7) is 2.16. The molecule has 0 atom stereocenters. The van der Waals surface area contributed by atoms with Crippen LogP contribution < -0.4 is 5.56 Å². The maximum atomic E-state index is 11.9. The number of aryl methyl sites for hydroxylation is 1. The molecule has 0 aliphatic heterocycles. The first-order chi connectivity index (χ1) is 8.15. The first kappa shape index (κ1) is 11.5. The summed E-state index contributed by atoms with van der Waals surface area (Å²) in [5, 5.41) is 10.9. The lowest BCUT2D eigenvalue weighted by molar-refractivity contribution is 0.0694. The largest absolute Gasteiger partial charge is 0.477 e. The SMILES string of the molecule is CCn1cnc(-c2cccs2)c(C(=O)O)c1=O. The maximum absolute atomic E-state index is 11.9. The predicted octanol–water partition coefficient (Wildman–Crippen LogP) is 1.69. The zero-order valence-electron chi connectivity index (χ0n) is 9.08. The van der Waals surface area contributed by atoms with Crippen molar-refractivity contribution < 1.29 is 9.90 Å². The van der Waals surface area contributed by atoms with Crippen molar-refractivity contribution in [1.82, 2.24) is 9.55 Å². The first-order valence-corrected chi connectivity index (χ1v) is 5.89. The number of hydrogen-bond acceptors (Lipinski definition) is 4. The summed E-state index contributed by atoms with van der Waals surface area (Å²) < 4.78 is 1.28. The Labute approximate surface area is 101 Å². The van der Waals surface area contributed by atoms with Gasteiger partial charge in [-0.05, 0) is 18.4 Å². The van der Waals surface area contributed by atoms with E-state index in [1.54, 1.807) is 19.1 Å². The second-order valence-electron chi connectivity index (χ2n) is 3.34. The molecule has 5 nitrogen and oxygen atoms in total. The van der Waals surface area contributed by atoms with Gasteiger partial charge in [0.2, 0.25) is 0 Å². The molecular weight excluding hydrogens is 240 g/mol. The highest BCUT2D eigenvalue weighted by atomic mass is 32.1. The van der Waals surface area contributed by atoms with Gasteiger partial charge in [-0.15, -0.1) is 11.3 Å². The van der Waals surface area contributed by atoms with Crippen molar-refractivity contribution in [3.8, 4) is 10.6 Å². The summed E-state index contributed by atoms with van der Waals surface area (Å²) in [6, 6.07) is 3.54. The molecule has 0 unspecified atom stereocenters. The van der Waals surface area contributed by atoms with Gasteiger partial charge in [-0.2, -0.15) is 0 Å². The van der Waals surface area contributed by atoms with Crippen molar-refractivity contribution in [2.45, 2.75) is 13.5 Å². The fraction of sp³-hybridized carbons (Fsp3) is 0.182. The fourth-order valence-electron chi connectivity index (χ4n) is 1.51. The van der Waals surface area contributed by atoms with Gasteiger partial charge < -0.3 is 5.11 Å². The second kappa shape index (κ2) is 4.50. The Morgan fingerprint density at radius 3 is 2.88 bits per heavy atom. The number of aromatic nitrogens is 2. The minimum absolute atomic E-state index is 0.238. The van der Waals surface area contributed by atoms with Gasteiger partial charge in [-0.25, -0.2) is 9.78 Å². The van der Waals surface area contributed by atoms with Crippen molar-refractivity contribution in [2.24, 2.45) is 0 Å². The van der Waals surface area contributed by atoms with Crippen LogP contribution in [0.2, 0.25) is 0 Å². The third-order valence-electron chi connectivity index (χ3n) is 2.35. The van der Waals surface area contributed by atoms with Crippen LogP contribution in [-0.2, 0) is 6.54 Å². The molecule has 17 heavy (non-hydrogen) atoms. The zero-order chi connectivity index (χ0) is 12.4. The van der Waals surface area contributed by atoms with Crippen molar-refractivity contribution in [2.75, 3.05) is 0 Å². The number of carbonyl (C=O) groups is 1. The summed E-state index contributed by atoms with van der Waals surface area (Å²) in [4.78, 5) is 27.8. The molecule has 2 aromatic rings. The highest BCUT2D eigenvalue weighted by Crippen LogP contribution is 2.24. The summed E-state index contributed by atoms with van der Waals surface area (Å²) in [5.41, 5.74) is -0.544. The Kier molecular flexibility index (Phi) is 3.06. The lowest BCUT2D eigenvalue weighted by Gasteiger charge is -2.06. The van der Waals surface area contributed by atoms with E-state index in [4.69, 9.17) is 5.11 Å². The number of nitrogens with zero attached hydrogens (tertiary/aromatic N) is 2. The number of aromatic carboxylic acids is 1.